The van der Waals surface area contributed by atoms with Crippen molar-refractivity contribution >= 4 is 27.9 Å². The minimum atomic E-state index is -2.95. The SMILES string of the molecule is C[S+]([O-])c1ncc2cc(C(F)F)nc(NC3CCCC3(F)F)c2n1. The number of halogens is 4. The zero-order valence-electron chi connectivity index (χ0n) is 12.6. The van der Waals surface area contributed by atoms with E-state index in [9.17, 15) is 22.1 Å². The van der Waals surface area contributed by atoms with Crippen LogP contribution >= 0.6 is 0 Å². The Morgan fingerprint density at radius 3 is 2.71 bits per heavy atom. The van der Waals surface area contributed by atoms with E-state index in [2.05, 4.69) is 20.3 Å². The van der Waals surface area contributed by atoms with Gasteiger partial charge in [0, 0.05) is 29.2 Å². The highest BCUT2D eigenvalue weighted by molar-refractivity contribution is 7.90. The van der Waals surface area contributed by atoms with E-state index in [1.807, 2.05) is 0 Å². The van der Waals surface area contributed by atoms with E-state index in [4.69, 9.17) is 0 Å². The van der Waals surface area contributed by atoms with E-state index in [0.717, 1.165) is 6.07 Å². The molecule has 3 rings (SSSR count). The second kappa shape index (κ2) is 6.32. The fourth-order valence-electron chi connectivity index (χ4n) is 2.66. The lowest BCUT2D eigenvalue weighted by atomic mass is 10.2. The summed E-state index contributed by atoms with van der Waals surface area (Å²) in [6, 6.07) is -0.105. The van der Waals surface area contributed by atoms with Crippen LogP contribution in [0.2, 0.25) is 0 Å². The minimum Gasteiger partial charge on any atom is -0.609 e. The quantitative estimate of drug-likeness (QED) is 0.513. The van der Waals surface area contributed by atoms with Crippen molar-refractivity contribution in [2.24, 2.45) is 0 Å². The zero-order chi connectivity index (χ0) is 17.5. The number of pyridine rings is 1. The lowest BCUT2D eigenvalue weighted by Crippen LogP contribution is -2.34. The van der Waals surface area contributed by atoms with E-state index in [1.54, 1.807) is 0 Å². The average Bonchev–Trinajstić information content (AvgIpc) is 2.85. The highest BCUT2D eigenvalue weighted by Gasteiger charge is 2.44. The van der Waals surface area contributed by atoms with Crippen molar-refractivity contribution in [1.29, 1.82) is 0 Å². The van der Waals surface area contributed by atoms with Gasteiger partial charge in [0.25, 0.3) is 12.3 Å². The highest BCUT2D eigenvalue weighted by Crippen LogP contribution is 2.38. The Kier molecular flexibility index (Phi) is 4.52. The number of hydrogen-bond donors (Lipinski definition) is 1. The van der Waals surface area contributed by atoms with Crippen LogP contribution < -0.4 is 5.32 Å². The van der Waals surface area contributed by atoms with Gasteiger partial charge in [0.05, 0.1) is 6.04 Å². The summed E-state index contributed by atoms with van der Waals surface area (Å²) in [5.74, 6) is -3.11. The molecule has 0 spiro atoms. The Hall–Kier alpha value is -1.68. The summed E-state index contributed by atoms with van der Waals surface area (Å²) in [5, 5.41) is 2.75. The van der Waals surface area contributed by atoms with Gasteiger partial charge in [-0.2, -0.15) is 9.97 Å². The summed E-state index contributed by atoms with van der Waals surface area (Å²) in [6.07, 6.45) is 0.00343. The molecule has 0 radical (unpaired) electrons. The molecule has 1 aliphatic carbocycles. The van der Waals surface area contributed by atoms with Crippen molar-refractivity contribution in [1.82, 2.24) is 15.0 Å². The Balaban J connectivity index is 2.09. The number of anilines is 1. The number of aromatic nitrogens is 3. The van der Waals surface area contributed by atoms with Crippen molar-refractivity contribution < 1.29 is 22.1 Å². The van der Waals surface area contributed by atoms with Gasteiger partial charge in [-0.3, -0.25) is 0 Å². The first kappa shape index (κ1) is 17.2. The lowest BCUT2D eigenvalue weighted by Gasteiger charge is -2.21. The van der Waals surface area contributed by atoms with Crippen molar-refractivity contribution in [3.05, 3.63) is 18.0 Å². The van der Waals surface area contributed by atoms with Crippen LogP contribution in [0.4, 0.5) is 23.4 Å². The molecule has 1 fully saturated rings. The number of rotatable bonds is 4. The Labute approximate surface area is 138 Å². The summed E-state index contributed by atoms with van der Waals surface area (Å²) in [6.45, 7) is 0. The lowest BCUT2D eigenvalue weighted by molar-refractivity contribution is -0.000663. The van der Waals surface area contributed by atoms with Crippen LogP contribution in [0.25, 0.3) is 10.9 Å². The number of alkyl halides is 4. The van der Waals surface area contributed by atoms with Gasteiger partial charge in [0.2, 0.25) is 0 Å². The van der Waals surface area contributed by atoms with Crippen molar-refractivity contribution in [3.8, 4) is 0 Å². The summed E-state index contributed by atoms with van der Waals surface area (Å²) in [7, 11) is 0. The molecule has 130 valence electrons. The molecule has 0 bridgehead atoms. The van der Waals surface area contributed by atoms with Gasteiger partial charge in [0.15, 0.2) is 5.82 Å². The molecule has 2 aromatic heterocycles. The van der Waals surface area contributed by atoms with Crippen LogP contribution in [0, 0.1) is 0 Å². The molecule has 0 amide bonds. The molecule has 1 N–H and O–H groups in total. The summed E-state index contributed by atoms with van der Waals surface area (Å²) in [4.78, 5) is 11.6. The molecule has 0 aliphatic heterocycles. The van der Waals surface area contributed by atoms with Crippen LogP contribution in [0.5, 0.6) is 0 Å². The van der Waals surface area contributed by atoms with E-state index >= 15 is 0 Å². The summed E-state index contributed by atoms with van der Waals surface area (Å²) >= 11 is -1.50. The molecule has 5 nitrogen and oxygen atoms in total. The maximum atomic E-state index is 13.8. The van der Waals surface area contributed by atoms with Crippen LogP contribution in [0.3, 0.4) is 0 Å². The van der Waals surface area contributed by atoms with Crippen molar-refractivity contribution in [3.63, 3.8) is 0 Å². The van der Waals surface area contributed by atoms with Gasteiger partial charge in [0.1, 0.15) is 17.5 Å². The van der Waals surface area contributed by atoms with Gasteiger partial charge >= 0.3 is 5.16 Å². The second-order valence-electron chi connectivity index (χ2n) is 5.59. The molecule has 0 saturated heterocycles. The van der Waals surface area contributed by atoms with Crippen LogP contribution in [-0.4, -0.2) is 37.7 Å². The molecule has 2 atom stereocenters. The third-order valence-corrected chi connectivity index (χ3v) is 4.58. The van der Waals surface area contributed by atoms with Gasteiger partial charge in [-0.1, -0.05) is 0 Å². The van der Waals surface area contributed by atoms with Crippen molar-refractivity contribution in [2.45, 2.75) is 42.8 Å². The van der Waals surface area contributed by atoms with Gasteiger partial charge in [-0.25, -0.2) is 22.5 Å². The van der Waals surface area contributed by atoms with Gasteiger partial charge < -0.3 is 9.87 Å². The Morgan fingerprint density at radius 1 is 1.38 bits per heavy atom. The maximum Gasteiger partial charge on any atom is 0.343 e. The first-order valence-electron chi connectivity index (χ1n) is 7.21. The number of hydrogen-bond acceptors (Lipinski definition) is 5. The first-order chi connectivity index (χ1) is 11.3. The molecule has 1 saturated carbocycles. The third-order valence-electron chi connectivity index (χ3n) is 3.87. The Bertz CT molecular complexity index is 759. The molecule has 0 aromatic carbocycles. The molecule has 2 aromatic rings. The van der Waals surface area contributed by atoms with Gasteiger partial charge in [-0.15, -0.1) is 0 Å². The number of nitrogens with zero attached hydrogens (tertiary/aromatic N) is 3. The normalized spacial score (nSPS) is 21.4. The summed E-state index contributed by atoms with van der Waals surface area (Å²) < 4.78 is 65.3. The molecule has 2 unspecified atom stereocenters. The summed E-state index contributed by atoms with van der Waals surface area (Å²) in [5.41, 5.74) is -0.456. The largest absolute Gasteiger partial charge is 0.609 e. The first-order valence-corrected chi connectivity index (χ1v) is 8.77. The van der Waals surface area contributed by atoms with Crippen LogP contribution in [0.15, 0.2) is 17.4 Å². The van der Waals surface area contributed by atoms with Crippen molar-refractivity contribution in [2.75, 3.05) is 11.6 Å². The molecular weight excluding hydrogens is 348 g/mol. The fourth-order valence-corrected chi connectivity index (χ4v) is 3.09. The Morgan fingerprint density at radius 2 is 2.12 bits per heavy atom. The number of fused-ring (bicyclic) bond motifs is 1. The monoisotopic (exact) mass is 362 g/mol. The van der Waals surface area contributed by atoms with E-state index in [-0.39, 0.29) is 34.7 Å². The zero-order valence-corrected chi connectivity index (χ0v) is 13.4. The molecule has 10 heteroatoms. The predicted octanol–water partition coefficient (Wildman–Crippen LogP) is 3.30. The highest BCUT2D eigenvalue weighted by atomic mass is 32.2. The van der Waals surface area contributed by atoms with Crippen LogP contribution in [-0.2, 0) is 11.2 Å². The van der Waals surface area contributed by atoms with E-state index < -0.39 is 35.3 Å². The second-order valence-corrected chi connectivity index (χ2v) is 6.86. The van der Waals surface area contributed by atoms with Gasteiger partial charge in [-0.05, 0) is 18.9 Å². The maximum absolute atomic E-state index is 13.8. The fraction of sp³-hybridized carbons (Fsp3) is 0.500. The topological polar surface area (TPSA) is 73.8 Å². The molecule has 1 aliphatic rings. The molecule has 2 heterocycles. The third kappa shape index (κ3) is 3.25. The molecule has 24 heavy (non-hydrogen) atoms. The molecular formula is C14H14F4N4OS. The number of nitrogens with one attached hydrogen (secondary N) is 1. The average molecular weight is 362 g/mol. The smallest absolute Gasteiger partial charge is 0.343 e. The standard InChI is InChI=1S/C14H14F4N4OS/c1-24(23)13-19-6-7-5-8(11(15)16)20-12(10(7)22-13)21-9-3-2-4-14(9,17)18/h5-6,9,11H,2-4H2,1H3,(H,20,21). The minimum absolute atomic E-state index is 0.0182. The van der Waals surface area contributed by atoms with Crippen LogP contribution in [0.1, 0.15) is 31.4 Å². The predicted molar refractivity (Wildman–Crippen MR) is 80.8 cm³/mol. The van der Waals surface area contributed by atoms with E-state index in [0.29, 0.717) is 6.42 Å². The van der Waals surface area contributed by atoms with E-state index in [1.165, 1.54) is 12.5 Å².